The van der Waals surface area contributed by atoms with Gasteiger partial charge in [-0.3, -0.25) is 9.59 Å². The topological polar surface area (TPSA) is 89.6 Å². The molecule has 4 fully saturated rings. The summed E-state index contributed by atoms with van der Waals surface area (Å²) in [6.07, 6.45) is 19.2. The fraction of sp³-hybridized carbons (Fsp3) is 0.648. The second kappa shape index (κ2) is 20.8. The van der Waals surface area contributed by atoms with E-state index in [1.54, 1.807) is 19.9 Å². The minimum Gasteiger partial charge on any atom is -0.495 e. The summed E-state index contributed by atoms with van der Waals surface area (Å²) in [7, 11) is 0. The number of nitrogens with zero attached hydrogens (tertiary/aromatic N) is 1. The molecule has 0 bridgehead atoms. The van der Waals surface area contributed by atoms with Crippen molar-refractivity contribution in [2.45, 2.75) is 172 Å². The first kappa shape index (κ1) is 51.5. The van der Waals surface area contributed by atoms with Crippen LogP contribution in [-0.4, -0.2) is 27.9 Å². The van der Waals surface area contributed by atoms with Gasteiger partial charge in [-0.05, 0) is 166 Å². The average molecular weight is 893 g/mol. The van der Waals surface area contributed by atoms with Crippen LogP contribution in [0, 0.1) is 51.8 Å². The van der Waals surface area contributed by atoms with Crippen LogP contribution in [0.25, 0.3) is 11.5 Å². The molecule has 0 radical (unpaired) electrons. The van der Waals surface area contributed by atoms with Gasteiger partial charge >= 0.3 is 5.97 Å². The van der Waals surface area contributed by atoms with Gasteiger partial charge in [-0.25, -0.2) is 4.98 Å². The number of aromatic nitrogens is 1. The number of fused-ring (bicyclic) bond motifs is 7. The van der Waals surface area contributed by atoms with Gasteiger partial charge in [0.05, 0.1) is 22.8 Å². The SMILES string of the molecule is C.C=C/C(Cl)=C\CC.CC.CCC=C(CC(C)(C)C(=O)O)OC1CCC2(C)C(CCC3(C)C4CCC5(c6cnc(-c7ccc(Cl)cc7)o6)CC(=O)C(C(C)C)=C5C4CCC32)C1C. The summed E-state index contributed by atoms with van der Waals surface area (Å²) < 4.78 is 13.4. The molecule has 4 saturated carbocycles. The first-order valence-electron chi connectivity index (χ1n) is 23.4. The number of aliphatic carboxylic acids is 1. The van der Waals surface area contributed by atoms with E-state index in [9.17, 15) is 14.7 Å². The number of allylic oxidation sites excluding steroid dienone is 7. The van der Waals surface area contributed by atoms with E-state index >= 15 is 0 Å². The molecule has 1 heterocycles. The summed E-state index contributed by atoms with van der Waals surface area (Å²) in [6, 6.07) is 7.63. The first-order valence-corrected chi connectivity index (χ1v) is 24.2. The Bertz CT molecular complexity index is 1970. The van der Waals surface area contributed by atoms with Crippen LogP contribution in [0.3, 0.4) is 0 Å². The highest BCUT2D eigenvalue weighted by atomic mass is 35.5. The smallest absolute Gasteiger partial charge is 0.309 e. The minimum atomic E-state index is -0.864. The van der Waals surface area contributed by atoms with E-state index in [1.807, 2.05) is 57.3 Å². The lowest BCUT2D eigenvalue weighted by Crippen LogP contribution is -2.60. The maximum absolute atomic E-state index is 14.1. The van der Waals surface area contributed by atoms with Gasteiger partial charge in [0.1, 0.15) is 11.9 Å². The van der Waals surface area contributed by atoms with Crippen LogP contribution in [0.4, 0.5) is 0 Å². The number of carboxylic acids is 1. The summed E-state index contributed by atoms with van der Waals surface area (Å²) in [5.74, 6) is 4.47. The zero-order valence-corrected chi connectivity index (χ0v) is 40.6. The van der Waals surface area contributed by atoms with Crippen molar-refractivity contribution in [1.29, 1.82) is 0 Å². The fourth-order valence-electron chi connectivity index (χ4n) is 13.0. The Morgan fingerprint density at radius 3 is 2.19 bits per heavy atom. The van der Waals surface area contributed by atoms with Gasteiger partial charge in [-0.1, -0.05) is 112 Å². The molecule has 1 aromatic heterocycles. The third-order valence-corrected chi connectivity index (χ3v) is 16.3. The molecule has 1 N–H and O–H groups in total. The number of oxazole rings is 1. The predicted molar refractivity (Wildman–Crippen MR) is 258 cm³/mol. The normalized spacial score (nSPS) is 31.8. The van der Waals surface area contributed by atoms with Gasteiger partial charge in [-0.2, -0.15) is 0 Å². The highest BCUT2D eigenvalue weighted by molar-refractivity contribution is 6.31. The molecule has 0 amide bonds. The maximum Gasteiger partial charge on any atom is 0.309 e. The largest absolute Gasteiger partial charge is 0.495 e. The summed E-state index contributed by atoms with van der Waals surface area (Å²) >= 11 is 11.7. The summed E-state index contributed by atoms with van der Waals surface area (Å²) in [5, 5.41) is 11.3. The van der Waals surface area contributed by atoms with E-state index in [1.165, 1.54) is 24.8 Å². The van der Waals surface area contributed by atoms with Crippen LogP contribution < -0.4 is 0 Å². The van der Waals surface area contributed by atoms with Crippen molar-refractivity contribution in [3.8, 4) is 11.5 Å². The average Bonchev–Trinajstić information content (AvgIpc) is 3.84. The number of benzene rings is 1. The molecule has 8 heteroatoms. The van der Waals surface area contributed by atoms with Crippen LogP contribution in [0.15, 0.2) is 81.6 Å². The standard InChI is InChI=1S/C45H60ClNO5.C6H9Cl.C2H6.CH4/c1-9-10-30(23-42(5,6)41(49)50)51-35-19-21-43(7)32(27(35)4)17-20-44(8)33-18-22-45(37-25-47-40(52-37)28-11-13-29(46)14-12-28)24-34(48)38(26(2)3)39(45)31(33)15-16-36(43)44;1-3-5-6(7)4-2;1-2;/h10-14,25-27,31-33,35-36H,9,15-24H2,1-8H3,(H,49,50);4-5H,2-3H2,1H3;1-2H3;1H4/b;6-5+;;. The Hall–Kier alpha value is -3.09. The van der Waals surface area contributed by atoms with Gasteiger partial charge in [0, 0.05) is 28.5 Å². The molecule has 9 unspecified atom stereocenters. The Labute approximate surface area is 385 Å². The molecule has 5 aliphatic carbocycles. The van der Waals surface area contributed by atoms with Crippen LogP contribution in [0.1, 0.15) is 166 Å². The molecular weight excluding hydrogens is 814 g/mol. The van der Waals surface area contributed by atoms with E-state index in [-0.39, 0.29) is 30.3 Å². The van der Waals surface area contributed by atoms with Crippen LogP contribution in [0.5, 0.6) is 0 Å². The van der Waals surface area contributed by atoms with Crippen LogP contribution >= 0.6 is 23.2 Å². The summed E-state index contributed by atoms with van der Waals surface area (Å²) in [5.41, 5.74) is 2.49. The Kier molecular flexibility index (Phi) is 17.3. The van der Waals surface area contributed by atoms with Gasteiger partial charge in [0.2, 0.25) is 5.89 Å². The lowest BCUT2D eigenvalue weighted by molar-refractivity contribution is -0.180. The molecule has 2 aromatic rings. The highest BCUT2D eigenvalue weighted by Crippen LogP contribution is 2.72. The number of hydrogen-bond acceptors (Lipinski definition) is 5. The first-order chi connectivity index (χ1) is 28.9. The second-order valence-corrected chi connectivity index (χ2v) is 20.8. The zero-order chi connectivity index (χ0) is 45.1. The number of carbonyl (C=O) groups is 2. The van der Waals surface area contributed by atoms with Gasteiger partial charge < -0.3 is 14.3 Å². The Balaban J connectivity index is 0.000000770. The van der Waals surface area contributed by atoms with Crippen molar-refractivity contribution in [3.05, 3.63) is 88.0 Å². The van der Waals surface area contributed by atoms with E-state index in [2.05, 4.69) is 54.2 Å². The van der Waals surface area contributed by atoms with E-state index in [0.29, 0.717) is 59.1 Å². The molecule has 1 aromatic carbocycles. The number of ketones is 1. The van der Waals surface area contributed by atoms with Crippen LogP contribution in [0.2, 0.25) is 5.02 Å². The van der Waals surface area contributed by atoms with Crippen molar-refractivity contribution < 1.29 is 23.8 Å². The maximum atomic E-state index is 14.1. The number of carbonyl (C=O) groups excluding carboxylic acids is 1. The molecule has 344 valence electrons. The molecular formula is C54H79Cl2NO5. The lowest BCUT2D eigenvalue weighted by Gasteiger charge is -2.67. The molecule has 0 saturated heterocycles. The number of ether oxygens (including phenoxy) is 1. The van der Waals surface area contributed by atoms with Gasteiger partial charge in [0.15, 0.2) is 5.78 Å². The number of carboxylic acid groups (broad SMARTS) is 1. The van der Waals surface area contributed by atoms with Crippen LogP contribution in [-0.2, 0) is 19.7 Å². The molecule has 6 nitrogen and oxygen atoms in total. The number of hydrogen-bond donors (Lipinski definition) is 1. The van der Waals surface area contributed by atoms with Crippen molar-refractivity contribution in [1.82, 2.24) is 4.98 Å². The van der Waals surface area contributed by atoms with Gasteiger partial charge in [-0.15, -0.1) is 0 Å². The monoisotopic (exact) mass is 892 g/mol. The third kappa shape index (κ3) is 9.77. The number of rotatable bonds is 11. The zero-order valence-electron chi connectivity index (χ0n) is 39.1. The molecule has 0 spiro atoms. The number of halogens is 2. The minimum absolute atomic E-state index is 0. The summed E-state index contributed by atoms with van der Waals surface area (Å²) in [4.78, 5) is 30.8. The van der Waals surface area contributed by atoms with E-state index in [0.717, 1.165) is 72.6 Å². The van der Waals surface area contributed by atoms with Crippen molar-refractivity contribution in [2.24, 2.45) is 51.8 Å². The molecule has 5 aliphatic rings. The van der Waals surface area contributed by atoms with Crippen molar-refractivity contribution >= 4 is 35.0 Å². The lowest BCUT2D eigenvalue weighted by atomic mass is 9.38. The fourth-order valence-corrected chi connectivity index (χ4v) is 13.2. The Morgan fingerprint density at radius 2 is 1.61 bits per heavy atom. The predicted octanol–water partition coefficient (Wildman–Crippen LogP) is 16.0. The van der Waals surface area contributed by atoms with Gasteiger partial charge in [0.25, 0.3) is 0 Å². The Morgan fingerprint density at radius 1 is 1.00 bits per heavy atom. The summed E-state index contributed by atoms with van der Waals surface area (Å²) in [6.45, 7) is 27.2. The second-order valence-electron chi connectivity index (χ2n) is 19.9. The molecule has 0 aliphatic heterocycles. The quantitative estimate of drug-likeness (QED) is 0.179. The van der Waals surface area contributed by atoms with E-state index < -0.39 is 16.8 Å². The van der Waals surface area contributed by atoms with Crippen molar-refractivity contribution in [2.75, 3.05) is 0 Å². The van der Waals surface area contributed by atoms with E-state index in [4.69, 9.17) is 37.3 Å². The molecule has 9 atom stereocenters. The third-order valence-electron chi connectivity index (χ3n) is 15.7. The molecule has 7 rings (SSSR count). The number of Topliss-reactive ketones (excluding diaryl/α,β-unsaturated/α-hetero) is 1. The highest BCUT2D eigenvalue weighted by Gasteiger charge is 2.65. The molecule has 62 heavy (non-hydrogen) atoms. The van der Waals surface area contributed by atoms with Crippen molar-refractivity contribution in [3.63, 3.8) is 0 Å².